The van der Waals surface area contributed by atoms with Crippen LogP contribution >= 0.6 is 0 Å². The fourth-order valence-corrected chi connectivity index (χ4v) is 4.35. The molecule has 0 saturated carbocycles. The van der Waals surface area contributed by atoms with E-state index in [0.717, 1.165) is 43.5 Å². The normalized spacial score (nSPS) is 10.6. The number of ether oxygens (including phenoxy) is 1. The quantitative estimate of drug-likeness (QED) is 0.0483. The fourth-order valence-electron chi connectivity index (χ4n) is 4.35. The molecule has 0 bridgehead atoms. The van der Waals surface area contributed by atoms with E-state index in [2.05, 4.69) is 6.92 Å². The highest BCUT2D eigenvalue weighted by Crippen LogP contribution is 2.36. The van der Waals surface area contributed by atoms with Crippen molar-refractivity contribution in [2.45, 2.75) is 110 Å². The lowest BCUT2D eigenvalue weighted by Gasteiger charge is -2.07. The van der Waals surface area contributed by atoms with E-state index in [1.54, 1.807) is 0 Å². The molecule has 0 aromatic heterocycles. The van der Waals surface area contributed by atoms with E-state index in [9.17, 15) is 24.9 Å². The number of aromatic carboxylic acids is 1. The average molecular weight is 593 g/mol. The van der Waals surface area contributed by atoms with Gasteiger partial charge < -0.3 is 40.5 Å². The summed E-state index contributed by atoms with van der Waals surface area (Å²) in [5.74, 6) is -5.65. The van der Waals surface area contributed by atoms with Crippen molar-refractivity contribution in [2.24, 2.45) is 0 Å². The monoisotopic (exact) mass is 592 g/mol. The Morgan fingerprint density at radius 3 is 1.17 bits per heavy atom. The van der Waals surface area contributed by atoms with Gasteiger partial charge in [-0.3, -0.25) is 0 Å². The molecular weight excluding hydrogens is 544 g/mol. The summed E-state index contributed by atoms with van der Waals surface area (Å²) in [6.45, 7) is 2.58. The molecule has 2 rings (SSSR count). The van der Waals surface area contributed by atoms with E-state index >= 15 is 0 Å². The van der Waals surface area contributed by atoms with Gasteiger partial charge in [0.1, 0.15) is 0 Å². The molecule has 2 aromatic carbocycles. The average Bonchev–Trinajstić information content (AvgIpc) is 2.95. The van der Waals surface area contributed by atoms with Crippen LogP contribution in [0.3, 0.4) is 0 Å². The zero-order valence-corrected chi connectivity index (χ0v) is 24.7. The predicted molar refractivity (Wildman–Crippen MR) is 160 cm³/mol. The molecule has 2 aromatic rings. The summed E-state index contributed by atoms with van der Waals surface area (Å²) < 4.78 is 5.15. The van der Waals surface area contributed by atoms with Crippen LogP contribution in [0.25, 0.3) is 0 Å². The highest BCUT2D eigenvalue weighted by atomic mass is 16.5. The van der Waals surface area contributed by atoms with Crippen LogP contribution < -0.4 is 0 Å². The number of aromatic hydroxyl groups is 6. The number of hydrogen-bond donors (Lipinski definition) is 7. The number of carboxylic acid groups (broad SMARTS) is 1. The van der Waals surface area contributed by atoms with Gasteiger partial charge in [0.15, 0.2) is 34.5 Å². The van der Waals surface area contributed by atoms with Gasteiger partial charge in [-0.1, -0.05) is 103 Å². The molecule has 10 heteroatoms. The number of carboxylic acids is 1. The van der Waals surface area contributed by atoms with Gasteiger partial charge in [0.25, 0.3) is 0 Å². The van der Waals surface area contributed by atoms with Crippen LogP contribution in [0.5, 0.6) is 34.5 Å². The minimum atomic E-state index is -1.29. The SMILES string of the molecule is CCCCCCCCCCCCCCCCCCOC(=O)c1cc(O)c(O)c(O)c1.O=C(O)c1cc(O)c(O)c(O)c1. The molecule has 0 spiro atoms. The Bertz CT molecular complexity index is 1040. The van der Waals surface area contributed by atoms with E-state index in [0.29, 0.717) is 6.61 Å². The van der Waals surface area contributed by atoms with Gasteiger partial charge in [-0.05, 0) is 30.7 Å². The van der Waals surface area contributed by atoms with Crippen LogP contribution in [0.4, 0.5) is 0 Å². The van der Waals surface area contributed by atoms with Crippen LogP contribution in [0, 0.1) is 0 Å². The number of carbonyl (C=O) groups excluding carboxylic acids is 1. The van der Waals surface area contributed by atoms with Crippen molar-refractivity contribution in [3.8, 4) is 34.5 Å². The molecular formula is C32H48O10. The third kappa shape index (κ3) is 14.7. The number of unbranched alkanes of at least 4 members (excludes halogenated alkanes) is 15. The van der Waals surface area contributed by atoms with Crippen molar-refractivity contribution in [1.82, 2.24) is 0 Å². The minimum Gasteiger partial charge on any atom is -0.504 e. The van der Waals surface area contributed by atoms with Crippen LogP contribution in [0.15, 0.2) is 24.3 Å². The maximum absolute atomic E-state index is 11.9. The summed E-state index contributed by atoms with van der Waals surface area (Å²) in [6.07, 6.45) is 20.7. The van der Waals surface area contributed by atoms with Gasteiger partial charge >= 0.3 is 11.9 Å². The van der Waals surface area contributed by atoms with Crippen LogP contribution in [0.2, 0.25) is 0 Å². The van der Waals surface area contributed by atoms with Gasteiger partial charge in [0.2, 0.25) is 0 Å². The van der Waals surface area contributed by atoms with Gasteiger partial charge in [-0.25, -0.2) is 9.59 Å². The first-order valence-electron chi connectivity index (χ1n) is 15.0. The maximum atomic E-state index is 11.9. The molecule has 0 atom stereocenters. The second-order valence-electron chi connectivity index (χ2n) is 10.5. The molecule has 0 aliphatic carbocycles. The Kier molecular flexibility index (Phi) is 18.1. The predicted octanol–water partition coefficient (Wildman–Crippen LogP) is 7.72. The molecule has 0 saturated heterocycles. The van der Waals surface area contributed by atoms with E-state index in [4.69, 9.17) is 25.2 Å². The van der Waals surface area contributed by atoms with Crippen molar-refractivity contribution in [2.75, 3.05) is 6.61 Å². The van der Waals surface area contributed by atoms with E-state index in [-0.39, 0.29) is 11.1 Å². The molecule has 236 valence electrons. The van der Waals surface area contributed by atoms with E-state index in [1.165, 1.54) is 83.5 Å². The Hall–Kier alpha value is -3.82. The summed E-state index contributed by atoms with van der Waals surface area (Å²) >= 11 is 0. The molecule has 10 nitrogen and oxygen atoms in total. The molecule has 7 N–H and O–H groups in total. The highest BCUT2D eigenvalue weighted by Gasteiger charge is 2.14. The van der Waals surface area contributed by atoms with Crippen LogP contribution in [0.1, 0.15) is 130 Å². The second-order valence-corrected chi connectivity index (χ2v) is 10.5. The standard InChI is InChI=1S/C25H42O5.C7H6O5/c1-2-3-4-5-6-7-8-9-10-11-12-13-14-15-16-17-18-30-25(29)21-19-22(26)24(28)23(27)20-21;8-4-1-3(7(11)12)2-5(9)6(4)10/h19-20,26-28H,2-18H2,1H3;1-2,8-10H,(H,11,12). The third-order valence-corrected chi connectivity index (χ3v) is 6.85. The summed E-state index contributed by atoms with van der Waals surface area (Å²) in [5, 5.41) is 63.1. The molecule has 0 amide bonds. The Morgan fingerprint density at radius 1 is 0.524 bits per heavy atom. The topological polar surface area (TPSA) is 185 Å². The number of esters is 1. The number of phenolic OH excluding ortho intramolecular Hbond substituents is 6. The fraction of sp³-hybridized carbons (Fsp3) is 0.562. The smallest absolute Gasteiger partial charge is 0.338 e. The zero-order chi connectivity index (χ0) is 31.3. The zero-order valence-electron chi connectivity index (χ0n) is 24.7. The first-order valence-corrected chi connectivity index (χ1v) is 15.0. The number of phenols is 6. The number of hydrogen-bond acceptors (Lipinski definition) is 9. The Labute approximate surface area is 248 Å². The number of rotatable bonds is 19. The van der Waals surface area contributed by atoms with Crippen LogP contribution in [-0.2, 0) is 4.74 Å². The van der Waals surface area contributed by atoms with Crippen molar-refractivity contribution >= 4 is 11.9 Å². The molecule has 0 fully saturated rings. The third-order valence-electron chi connectivity index (χ3n) is 6.85. The largest absolute Gasteiger partial charge is 0.504 e. The summed E-state index contributed by atoms with van der Waals surface area (Å²) in [5.41, 5.74) is -0.262. The lowest BCUT2D eigenvalue weighted by atomic mass is 10.0. The van der Waals surface area contributed by atoms with Gasteiger partial charge in [0, 0.05) is 0 Å². The molecule has 0 aliphatic rings. The highest BCUT2D eigenvalue weighted by molar-refractivity contribution is 5.91. The molecule has 0 radical (unpaired) electrons. The molecule has 0 aliphatic heterocycles. The Balaban J connectivity index is 0.000000609. The van der Waals surface area contributed by atoms with Gasteiger partial charge in [-0.15, -0.1) is 0 Å². The van der Waals surface area contributed by atoms with Gasteiger partial charge in [0.05, 0.1) is 17.7 Å². The molecule has 42 heavy (non-hydrogen) atoms. The van der Waals surface area contributed by atoms with E-state index < -0.39 is 46.4 Å². The summed E-state index contributed by atoms with van der Waals surface area (Å²) in [4.78, 5) is 22.2. The molecule has 0 unspecified atom stereocenters. The Morgan fingerprint density at radius 2 is 0.833 bits per heavy atom. The number of benzene rings is 2. The second kappa shape index (κ2) is 21.0. The first kappa shape index (κ1) is 36.2. The maximum Gasteiger partial charge on any atom is 0.338 e. The van der Waals surface area contributed by atoms with Crippen molar-refractivity contribution in [3.05, 3.63) is 35.4 Å². The van der Waals surface area contributed by atoms with Gasteiger partial charge in [-0.2, -0.15) is 0 Å². The van der Waals surface area contributed by atoms with Crippen molar-refractivity contribution in [1.29, 1.82) is 0 Å². The summed E-state index contributed by atoms with van der Waals surface area (Å²) in [6, 6.07) is 3.87. The lowest BCUT2D eigenvalue weighted by Crippen LogP contribution is -2.06. The van der Waals surface area contributed by atoms with E-state index in [1.807, 2.05) is 0 Å². The van der Waals surface area contributed by atoms with Crippen molar-refractivity contribution < 1.29 is 50.1 Å². The van der Waals surface area contributed by atoms with Crippen LogP contribution in [-0.4, -0.2) is 54.3 Å². The number of carbonyl (C=O) groups is 2. The lowest BCUT2D eigenvalue weighted by molar-refractivity contribution is 0.0496. The first-order chi connectivity index (χ1) is 20.1. The summed E-state index contributed by atoms with van der Waals surface area (Å²) in [7, 11) is 0. The molecule has 0 heterocycles. The minimum absolute atomic E-state index is 0.0271. The van der Waals surface area contributed by atoms with Crippen molar-refractivity contribution in [3.63, 3.8) is 0 Å².